The number of rotatable bonds is 10. The van der Waals surface area contributed by atoms with Crippen LogP contribution < -0.4 is 21.4 Å². The molecule has 5 N–H and O–H groups in total. The van der Waals surface area contributed by atoms with Crippen LogP contribution >= 0.6 is 0 Å². The molecule has 2 aliphatic heterocycles. The van der Waals surface area contributed by atoms with Gasteiger partial charge in [-0.1, -0.05) is 96.2 Å². The average Bonchev–Trinajstić information content (AvgIpc) is 3.37. The highest BCUT2D eigenvalue weighted by Gasteiger charge is 2.43. The number of aliphatic hydroxyl groups is 1. The molecule has 1 unspecified atom stereocenters. The Kier molecular flexibility index (Phi) is 9.66. The lowest BCUT2D eigenvalue weighted by Crippen LogP contribution is -2.40. The van der Waals surface area contributed by atoms with Gasteiger partial charge in [0, 0.05) is 47.2 Å². The molecule has 0 bridgehead atoms. The molecule has 45 heavy (non-hydrogen) atoms. The molecular formula is C39H53N5O. The second-order valence-corrected chi connectivity index (χ2v) is 13.8. The molecule has 6 nitrogen and oxygen atoms in total. The molecule has 1 atom stereocenters. The number of aliphatic hydroxyl groups excluding tert-OH is 1. The number of para-hydroxylation sites is 2. The van der Waals surface area contributed by atoms with E-state index < -0.39 is 0 Å². The van der Waals surface area contributed by atoms with Gasteiger partial charge in [-0.2, -0.15) is 0 Å². The molecular weight excluding hydrogens is 554 g/mol. The number of benzene rings is 2. The largest absolute Gasteiger partial charge is 0.399 e. The average molecular weight is 608 g/mol. The summed E-state index contributed by atoms with van der Waals surface area (Å²) in [7, 11) is 0. The van der Waals surface area contributed by atoms with Crippen LogP contribution in [0.15, 0.2) is 107 Å². The van der Waals surface area contributed by atoms with E-state index in [0.29, 0.717) is 5.70 Å². The lowest BCUT2D eigenvalue weighted by atomic mass is 9.80. The molecule has 1 aliphatic carbocycles. The van der Waals surface area contributed by atoms with Crippen LogP contribution in [0.5, 0.6) is 0 Å². The summed E-state index contributed by atoms with van der Waals surface area (Å²) in [5, 5.41) is 11.3. The summed E-state index contributed by atoms with van der Waals surface area (Å²) in [6.07, 6.45) is 16.0. The van der Waals surface area contributed by atoms with Gasteiger partial charge in [0.05, 0.1) is 24.0 Å². The summed E-state index contributed by atoms with van der Waals surface area (Å²) >= 11 is 0. The van der Waals surface area contributed by atoms with Gasteiger partial charge in [-0.3, -0.25) is 5.01 Å². The van der Waals surface area contributed by atoms with Gasteiger partial charge in [0.2, 0.25) is 0 Å². The highest BCUT2D eigenvalue weighted by Crippen LogP contribution is 2.48. The van der Waals surface area contributed by atoms with Crippen molar-refractivity contribution in [3.63, 3.8) is 0 Å². The predicted octanol–water partition coefficient (Wildman–Crippen LogP) is 7.54. The minimum atomic E-state index is -0.242. The summed E-state index contributed by atoms with van der Waals surface area (Å²) < 4.78 is 0. The highest BCUT2D eigenvalue weighted by atomic mass is 16.3. The fourth-order valence-electron chi connectivity index (χ4n) is 7.66. The van der Waals surface area contributed by atoms with Gasteiger partial charge in [0.15, 0.2) is 0 Å². The standard InChI is InChI=1S/C39H53N5O/c1-7-24-42-33-18-11-9-16-31(33)38(3,4)35(42)22-20-28-14-13-15-29(37(28)44(41)26-30(40)27-45)21-23-36-39(5,6)32-17-10-12-19-34(32)43(36)25-8-2/h9-12,16-23,26,35,45H,7-8,13-15,24-25,27,40-41H2,1-6H3/b22-20+,29-21+,30-26-,36-23+. The number of fused-ring (bicyclic) bond motifs is 2. The van der Waals surface area contributed by atoms with Crippen molar-refractivity contribution < 1.29 is 5.11 Å². The summed E-state index contributed by atoms with van der Waals surface area (Å²) in [4.78, 5) is 5.04. The predicted molar refractivity (Wildman–Crippen MR) is 190 cm³/mol. The van der Waals surface area contributed by atoms with E-state index in [1.54, 1.807) is 11.2 Å². The number of hydrogen-bond donors (Lipinski definition) is 3. The first-order valence-electron chi connectivity index (χ1n) is 16.7. The smallest absolute Gasteiger partial charge is 0.0840 e. The molecule has 0 radical (unpaired) electrons. The maximum atomic E-state index is 9.71. The van der Waals surface area contributed by atoms with E-state index >= 15 is 0 Å². The van der Waals surface area contributed by atoms with Crippen LogP contribution in [0, 0.1) is 0 Å². The minimum Gasteiger partial charge on any atom is -0.399 e. The Morgan fingerprint density at radius 3 is 2.29 bits per heavy atom. The molecule has 240 valence electrons. The quantitative estimate of drug-likeness (QED) is 0.191. The molecule has 2 aromatic rings. The SMILES string of the molecule is CCCN1/C(=C/C=C2\CCCC(/C=C/C3N(CCC)c4ccccc4C3(C)C)=C2N(N)/C=C(\N)CO)C(C)(C)c2ccccc21. The van der Waals surface area contributed by atoms with Crippen molar-refractivity contribution in [1.29, 1.82) is 0 Å². The van der Waals surface area contributed by atoms with Crippen LogP contribution in [-0.4, -0.2) is 35.9 Å². The van der Waals surface area contributed by atoms with Crippen molar-refractivity contribution in [3.05, 3.63) is 118 Å². The van der Waals surface area contributed by atoms with E-state index in [0.717, 1.165) is 50.9 Å². The maximum absolute atomic E-state index is 9.71. The Balaban J connectivity index is 1.59. The first kappa shape index (κ1) is 32.6. The number of allylic oxidation sites excluding steroid dienone is 6. The van der Waals surface area contributed by atoms with Crippen LogP contribution in [0.2, 0.25) is 0 Å². The third kappa shape index (κ3) is 6.10. The summed E-state index contributed by atoms with van der Waals surface area (Å²) in [6.45, 7) is 15.6. The molecule has 0 fully saturated rings. The van der Waals surface area contributed by atoms with Crippen LogP contribution in [0.3, 0.4) is 0 Å². The van der Waals surface area contributed by atoms with Gasteiger partial charge >= 0.3 is 0 Å². The zero-order valence-corrected chi connectivity index (χ0v) is 28.2. The van der Waals surface area contributed by atoms with Crippen molar-refractivity contribution in [1.82, 2.24) is 5.01 Å². The van der Waals surface area contributed by atoms with Gasteiger partial charge in [0.25, 0.3) is 0 Å². The zero-order chi connectivity index (χ0) is 32.4. The monoisotopic (exact) mass is 607 g/mol. The third-order valence-corrected chi connectivity index (χ3v) is 9.86. The summed E-state index contributed by atoms with van der Waals surface area (Å²) in [5.41, 5.74) is 16.3. The Bertz CT molecular complexity index is 1540. The maximum Gasteiger partial charge on any atom is 0.0840 e. The normalized spacial score (nSPS) is 22.6. The molecule has 3 aliphatic rings. The lowest BCUT2D eigenvalue weighted by Gasteiger charge is -2.33. The molecule has 0 amide bonds. The fraction of sp³-hybridized carbons (Fsp3) is 0.436. The van der Waals surface area contributed by atoms with E-state index in [2.05, 4.69) is 124 Å². The van der Waals surface area contributed by atoms with Gasteiger partial charge < -0.3 is 20.6 Å². The molecule has 2 aromatic carbocycles. The Morgan fingerprint density at radius 2 is 1.60 bits per heavy atom. The van der Waals surface area contributed by atoms with Crippen LogP contribution in [0.1, 0.15) is 84.8 Å². The second-order valence-electron chi connectivity index (χ2n) is 13.8. The number of anilines is 2. The van der Waals surface area contributed by atoms with Gasteiger partial charge in [-0.15, -0.1) is 0 Å². The second kappa shape index (κ2) is 13.3. The van der Waals surface area contributed by atoms with Crippen molar-refractivity contribution in [2.75, 3.05) is 29.5 Å². The molecule has 6 heteroatoms. The first-order chi connectivity index (χ1) is 21.6. The summed E-state index contributed by atoms with van der Waals surface area (Å²) in [6, 6.07) is 17.8. The van der Waals surface area contributed by atoms with Gasteiger partial charge in [0.1, 0.15) is 0 Å². The molecule has 5 rings (SSSR count). The molecule has 0 saturated carbocycles. The molecule has 0 saturated heterocycles. The topological polar surface area (TPSA) is 82.0 Å². The number of hydrogen-bond acceptors (Lipinski definition) is 6. The van der Waals surface area contributed by atoms with Crippen LogP contribution in [-0.2, 0) is 10.8 Å². The Hall–Kier alpha value is -3.74. The summed E-state index contributed by atoms with van der Waals surface area (Å²) in [5.74, 6) is 6.76. The van der Waals surface area contributed by atoms with Crippen molar-refractivity contribution in [3.8, 4) is 0 Å². The van der Waals surface area contributed by atoms with E-state index in [1.165, 1.54) is 39.3 Å². The third-order valence-electron chi connectivity index (χ3n) is 9.86. The van der Waals surface area contributed by atoms with Crippen molar-refractivity contribution >= 4 is 11.4 Å². The number of nitrogens with zero attached hydrogens (tertiary/aromatic N) is 3. The first-order valence-corrected chi connectivity index (χ1v) is 16.7. The van der Waals surface area contributed by atoms with E-state index in [1.807, 2.05) is 0 Å². The number of nitrogens with two attached hydrogens (primary N) is 2. The van der Waals surface area contributed by atoms with Crippen molar-refractivity contribution in [2.24, 2.45) is 11.6 Å². The fourth-order valence-corrected chi connectivity index (χ4v) is 7.66. The van der Waals surface area contributed by atoms with E-state index in [4.69, 9.17) is 11.6 Å². The van der Waals surface area contributed by atoms with Crippen LogP contribution in [0.4, 0.5) is 11.4 Å². The zero-order valence-electron chi connectivity index (χ0n) is 28.2. The molecule has 2 heterocycles. The molecule has 0 aromatic heterocycles. The lowest BCUT2D eigenvalue weighted by molar-refractivity contribution is 0.325. The van der Waals surface area contributed by atoms with Gasteiger partial charge in [-0.05, 0) is 72.6 Å². The minimum absolute atomic E-state index is 0.0316. The van der Waals surface area contributed by atoms with E-state index in [-0.39, 0.29) is 23.5 Å². The van der Waals surface area contributed by atoms with Crippen molar-refractivity contribution in [2.45, 2.75) is 90.5 Å². The number of hydrazine groups is 1. The van der Waals surface area contributed by atoms with Gasteiger partial charge in [-0.25, -0.2) is 5.84 Å². The van der Waals surface area contributed by atoms with Crippen LogP contribution in [0.25, 0.3) is 0 Å². The highest BCUT2D eigenvalue weighted by molar-refractivity contribution is 5.71. The van der Waals surface area contributed by atoms with E-state index in [9.17, 15) is 5.11 Å². The Labute approximate surface area is 271 Å². The Morgan fingerprint density at radius 1 is 0.933 bits per heavy atom. The molecule has 0 spiro atoms.